The van der Waals surface area contributed by atoms with Crippen molar-refractivity contribution in [1.82, 2.24) is 29.7 Å². The van der Waals surface area contributed by atoms with Crippen molar-refractivity contribution in [3.05, 3.63) is 83.9 Å². The number of carbonyl (C=O) groups excluding carboxylic acids is 1. The maximum absolute atomic E-state index is 13.4. The van der Waals surface area contributed by atoms with Crippen LogP contribution in [0.15, 0.2) is 67.3 Å². The molecule has 1 fully saturated rings. The van der Waals surface area contributed by atoms with Crippen molar-refractivity contribution in [3.63, 3.8) is 0 Å². The molecular formula is C25H26N6O2. The molecular weight excluding hydrogens is 416 g/mol. The van der Waals surface area contributed by atoms with E-state index >= 15 is 0 Å². The lowest BCUT2D eigenvalue weighted by Gasteiger charge is -2.34. The molecule has 8 nitrogen and oxygen atoms in total. The summed E-state index contributed by atoms with van der Waals surface area (Å²) < 4.78 is 7.31. The van der Waals surface area contributed by atoms with Gasteiger partial charge in [0, 0.05) is 49.8 Å². The Hall–Kier alpha value is -3.62. The molecule has 3 aromatic heterocycles. The number of morpholine rings is 1. The SMILES string of the molecule is Cc1ccnc2c1c(C(=O)NCC(c1ccccc1)N1CCOCC1)cn2-c1ncccn1. The largest absolute Gasteiger partial charge is 0.379 e. The predicted molar refractivity (Wildman–Crippen MR) is 125 cm³/mol. The fraction of sp³-hybridized carbons (Fsp3) is 0.280. The smallest absolute Gasteiger partial charge is 0.253 e. The standard InChI is InChI=1S/C25H26N6O2/c1-18-8-11-26-23-22(18)20(17-31(23)25-27-9-5-10-28-25)24(32)29-16-21(19-6-3-2-4-7-19)30-12-14-33-15-13-30/h2-11,17,21H,12-16H2,1H3,(H,29,32). The number of amides is 1. The first-order valence-electron chi connectivity index (χ1n) is 11.1. The van der Waals surface area contributed by atoms with Crippen LogP contribution in [0.4, 0.5) is 0 Å². The van der Waals surface area contributed by atoms with Crippen molar-refractivity contribution >= 4 is 16.9 Å². The van der Waals surface area contributed by atoms with Gasteiger partial charge in [-0.1, -0.05) is 30.3 Å². The number of benzene rings is 1. The van der Waals surface area contributed by atoms with Gasteiger partial charge in [-0.2, -0.15) is 0 Å². The van der Waals surface area contributed by atoms with Gasteiger partial charge in [-0.15, -0.1) is 0 Å². The van der Waals surface area contributed by atoms with Gasteiger partial charge in [-0.05, 0) is 30.2 Å². The van der Waals surface area contributed by atoms with Gasteiger partial charge in [0.2, 0.25) is 5.95 Å². The van der Waals surface area contributed by atoms with Crippen LogP contribution in [0.1, 0.15) is 27.5 Å². The molecule has 1 amide bonds. The summed E-state index contributed by atoms with van der Waals surface area (Å²) in [6, 6.07) is 14.0. The molecule has 4 heterocycles. The average Bonchev–Trinajstić information content (AvgIpc) is 3.27. The van der Waals surface area contributed by atoms with Gasteiger partial charge < -0.3 is 10.1 Å². The van der Waals surface area contributed by atoms with Crippen LogP contribution in [-0.2, 0) is 4.74 Å². The van der Waals surface area contributed by atoms with Crippen LogP contribution in [0.3, 0.4) is 0 Å². The van der Waals surface area contributed by atoms with Crippen LogP contribution in [0.5, 0.6) is 0 Å². The molecule has 0 bridgehead atoms. The minimum Gasteiger partial charge on any atom is -0.379 e. The Morgan fingerprint density at radius 1 is 1.03 bits per heavy atom. The molecule has 1 aliphatic heterocycles. The van der Waals surface area contributed by atoms with Crippen molar-refractivity contribution in [1.29, 1.82) is 0 Å². The van der Waals surface area contributed by atoms with Crippen LogP contribution in [0.2, 0.25) is 0 Å². The van der Waals surface area contributed by atoms with E-state index in [-0.39, 0.29) is 11.9 Å². The normalized spacial score (nSPS) is 15.4. The molecule has 1 aliphatic rings. The number of carbonyl (C=O) groups is 1. The monoisotopic (exact) mass is 442 g/mol. The van der Waals surface area contributed by atoms with E-state index in [0.717, 1.165) is 24.0 Å². The molecule has 0 aliphatic carbocycles. The van der Waals surface area contributed by atoms with E-state index in [2.05, 4.69) is 37.3 Å². The van der Waals surface area contributed by atoms with Crippen molar-refractivity contribution in [2.45, 2.75) is 13.0 Å². The first-order valence-corrected chi connectivity index (χ1v) is 11.1. The number of aryl methyl sites for hydroxylation is 1. The zero-order valence-electron chi connectivity index (χ0n) is 18.5. The Bertz CT molecular complexity index is 1240. The number of ether oxygens (including phenoxy) is 1. The summed E-state index contributed by atoms with van der Waals surface area (Å²) in [5, 5.41) is 3.99. The Balaban J connectivity index is 1.45. The zero-order valence-corrected chi connectivity index (χ0v) is 18.5. The summed E-state index contributed by atoms with van der Waals surface area (Å²) in [4.78, 5) is 29.0. The van der Waals surface area contributed by atoms with Crippen LogP contribution >= 0.6 is 0 Å². The molecule has 1 aromatic carbocycles. The van der Waals surface area contributed by atoms with Crippen LogP contribution in [-0.4, -0.2) is 63.2 Å². The van der Waals surface area contributed by atoms with Gasteiger partial charge in [0.05, 0.1) is 24.8 Å². The number of fused-ring (bicyclic) bond motifs is 1. The number of aromatic nitrogens is 4. The molecule has 4 aromatic rings. The first kappa shape index (κ1) is 21.2. The van der Waals surface area contributed by atoms with Crippen molar-refractivity contribution in [3.8, 4) is 5.95 Å². The maximum atomic E-state index is 13.4. The number of rotatable bonds is 6. The van der Waals surface area contributed by atoms with E-state index in [9.17, 15) is 4.79 Å². The summed E-state index contributed by atoms with van der Waals surface area (Å²) in [5.41, 5.74) is 3.39. The van der Waals surface area contributed by atoms with Crippen LogP contribution < -0.4 is 5.32 Å². The van der Waals surface area contributed by atoms with Gasteiger partial charge in [0.15, 0.2) is 0 Å². The van der Waals surface area contributed by atoms with Gasteiger partial charge in [-0.25, -0.2) is 15.0 Å². The quantitative estimate of drug-likeness (QED) is 0.494. The van der Waals surface area contributed by atoms with E-state index in [1.165, 1.54) is 5.56 Å². The summed E-state index contributed by atoms with van der Waals surface area (Å²) in [5.74, 6) is 0.343. The van der Waals surface area contributed by atoms with E-state index < -0.39 is 0 Å². The third kappa shape index (κ3) is 4.35. The predicted octanol–water partition coefficient (Wildman–Crippen LogP) is 2.93. The minimum atomic E-state index is -0.139. The minimum absolute atomic E-state index is 0.0732. The topological polar surface area (TPSA) is 85.2 Å². The van der Waals surface area contributed by atoms with Gasteiger partial charge >= 0.3 is 0 Å². The van der Waals surface area contributed by atoms with Gasteiger partial charge in [0.1, 0.15) is 5.65 Å². The molecule has 0 saturated carbocycles. The fourth-order valence-corrected chi connectivity index (χ4v) is 4.36. The molecule has 5 rings (SSSR count). The third-order valence-electron chi connectivity index (χ3n) is 6.03. The number of pyridine rings is 1. The average molecular weight is 443 g/mol. The molecule has 0 spiro atoms. The highest BCUT2D eigenvalue weighted by Crippen LogP contribution is 2.26. The summed E-state index contributed by atoms with van der Waals surface area (Å²) in [6.07, 6.45) is 6.87. The van der Waals surface area contributed by atoms with Crippen LogP contribution in [0, 0.1) is 6.92 Å². The summed E-state index contributed by atoms with van der Waals surface area (Å²) in [6.45, 7) is 5.56. The van der Waals surface area contributed by atoms with Crippen LogP contribution in [0.25, 0.3) is 17.0 Å². The lowest BCUT2D eigenvalue weighted by atomic mass is 10.0. The van der Waals surface area contributed by atoms with Gasteiger partial charge in [-0.3, -0.25) is 14.3 Å². The number of hydrogen-bond acceptors (Lipinski definition) is 6. The molecule has 33 heavy (non-hydrogen) atoms. The summed E-state index contributed by atoms with van der Waals surface area (Å²) >= 11 is 0. The number of hydrogen-bond donors (Lipinski definition) is 1. The Morgan fingerprint density at radius 3 is 2.55 bits per heavy atom. The fourth-order valence-electron chi connectivity index (χ4n) is 4.36. The van der Waals surface area contributed by atoms with E-state index in [1.807, 2.05) is 31.2 Å². The van der Waals surface area contributed by atoms with E-state index in [4.69, 9.17) is 4.74 Å². The molecule has 1 unspecified atom stereocenters. The number of nitrogens with one attached hydrogen (secondary N) is 1. The van der Waals surface area contributed by atoms with Crippen molar-refractivity contribution in [2.75, 3.05) is 32.8 Å². The second-order valence-corrected chi connectivity index (χ2v) is 8.07. The number of nitrogens with zero attached hydrogens (tertiary/aromatic N) is 5. The molecule has 1 atom stereocenters. The highest BCUT2D eigenvalue weighted by Gasteiger charge is 2.25. The second-order valence-electron chi connectivity index (χ2n) is 8.07. The lowest BCUT2D eigenvalue weighted by molar-refractivity contribution is 0.0162. The molecule has 1 saturated heterocycles. The lowest BCUT2D eigenvalue weighted by Crippen LogP contribution is -2.43. The zero-order chi connectivity index (χ0) is 22.6. The van der Waals surface area contributed by atoms with E-state index in [1.54, 1.807) is 35.4 Å². The second kappa shape index (κ2) is 9.48. The molecule has 0 radical (unpaired) electrons. The van der Waals surface area contributed by atoms with E-state index in [0.29, 0.717) is 36.9 Å². The Morgan fingerprint density at radius 2 is 1.79 bits per heavy atom. The molecule has 168 valence electrons. The molecule has 8 heteroatoms. The summed E-state index contributed by atoms with van der Waals surface area (Å²) in [7, 11) is 0. The highest BCUT2D eigenvalue weighted by molar-refractivity contribution is 6.07. The van der Waals surface area contributed by atoms with Gasteiger partial charge in [0.25, 0.3) is 5.91 Å². The maximum Gasteiger partial charge on any atom is 0.253 e. The third-order valence-corrected chi connectivity index (χ3v) is 6.03. The molecule has 1 N–H and O–H groups in total. The first-order chi connectivity index (χ1) is 16.2. The Kier molecular flexibility index (Phi) is 6.10. The van der Waals surface area contributed by atoms with Crippen molar-refractivity contribution in [2.24, 2.45) is 0 Å². The Labute approximate surface area is 192 Å². The highest BCUT2D eigenvalue weighted by atomic mass is 16.5. The van der Waals surface area contributed by atoms with Crippen molar-refractivity contribution < 1.29 is 9.53 Å².